The smallest absolute Gasteiger partial charge is 0.306 e. The van der Waals surface area contributed by atoms with Crippen molar-refractivity contribution >= 4 is 34.6 Å². The zero-order valence-electron chi connectivity index (χ0n) is 22.4. The molecule has 0 aromatic heterocycles. The third-order valence-electron chi connectivity index (χ3n) is 4.58. The first-order valence-electron chi connectivity index (χ1n) is 11.9. The van der Waals surface area contributed by atoms with E-state index < -0.39 is 5.24 Å². The van der Waals surface area contributed by atoms with E-state index in [1.54, 1.807) is 33.1 Å². The molecule has 9 heteroatoms. The summed E-state index contributed by atoms with van der Waals surface area (Å²) in [4.78, 5) is 43.8. The second-order valence-corrected chi connectivity index (χ2v) is 8.03. The first kappa shape index (κ1) is 33.6. The standard InChI is InChI=1S/C14H18O4.C8H10O.C6H9ClO3/c1-4-18-14(16)8-7-12(15)11-6-5-10(2)9-13(11)17-3;1-7-4-3-5-8(6-7)9-2;1-2-10-6(9)4-3-5(7)8/h5-6,9H,4,7-8H2,1-3H3;3-6H,1-2H3;2-4H2,1H3. The molecule has 0 saturated heterocycles. The van der Waals surface area contributed by atoms with Crippen LogP contribution in [0, 0.1) is 13.8 Å². The molecule has 0 aliphatic heterocycles. The number of halogens is 1. The molecule has 0 heterocycles. The zero-order chi connectivity index (χ0) is 28.2. The Morgan fingerprint density at radius 1 is 0.730 bits per heavy atom. The SMILES string of the molecule is CCOC(=O)CCC(=O)Cl.CCOC(=O)CCC(=O)c1ccc(C)cc1OC.COc1cccc(C)c1. The van der Waals surface area contributed by atoms with Gasteiger partial charge in [-0.2, -0.15) is 0 Å². The lowest BCUT2D eigenvalue weighted by Crippen LogP contribution is -2.09. The molecule has 0 radical (unpaired) electrons. The predicted octanol–water partition coefficient (Wildman–Crippen LogP) is 5.63. The summed E-state index contributed by atoms with van der Waals surface area (Å²) in [6, 6.07) is 13.3. The average Bonchev–Trinajstić information content (AvgIpc) is 2.87. The molecule has 0 amide bonds. The van der Waals surface area contributed by atoms with Gasteiger partial charge in [0.15, 0.2) is 5.78 Å². The average molecular weight is 537 g/mol. The van der Waals surface area contributed by atoms with Crippen molar-refractivity contribution in [2.24, 2.45) is 0 Å². The van der Waals surface area contributed by atoms with Gasteiger partial charge in [-0.1, -0.05) is 18.2 Å². The van der Waals surface area contributed by atoms with Crippen LogP contribution in [0.4, 0.5) is 0 Å². The van der Waals surface area contributed by atoms with Gasteiger partial charge in [0.2, 0.25) is 5.24 Å². The highest BCUT2D eigenvalue weighted by Gasteiger charge is 2.14. The lowest BCUT2D eigenvalue weighted by molar-refractivity contribution is -0.144. The predicted molar refractivity (Wildman–Crippen MR) is 142 cm³/mol. The minimum Gasteiger partial charge on any atom is -0.497 e. The minimum atomic E-state index is -0.506. The van der Waals surface area contributed by atoms with Crippen LogP contribution in [0.5, 0.6) is 11.5 Å². The summed E-state index contributed by atoms with van der Waals surface area (Å²) < 4.78 is 19.5. The third-order valence-corrected chi connectivity index (χ3v) is 4.76. The van der Waals surface area contributed by atoms with E-state index in [1.165, 1.54) is 12.7 Å². The van der Waals surface area contributed by atoms with Gasteiger partial charge in [0.1, 0.15) is 11.5 Å². The molecule has 0 aliphatic carbocycles. The molecule has 0 aliphatic rings. The van der Waals surface area contributed by atoms with Crippen LogP contribution in [-0.2, 0) is 23.9 Å². The van der Waals surface area contributed by atoms with Crippen molar-refractivity contribution in [2.45, 2.75) is 53.4 Å². The molecule has 0 saturated carbocycles. The number of carbonyl (C=O) groups is 4. The minimum absolute atomic E-state index is 0.0559. The topological polar surface area (TPSA) is 105 Å². The largest absolute Gasteiger partial charge is 0.497 e. The third kappa shape index (κ3) is 16.1. The maximum Gasteiger partial charge on any atom is 0.306 e. The molecule has 8 nitrogen and oxygen atoms in total. The molecule has 0 N–H and O–H groups in total. The summed E-state index contributed by atoms with van der Waals surface area (Å²) in [5.41, 5.74) is 2.76. The monoisotopic (exact) mass is 536 g/mol. The second kappa shape index (κ2) is 19.8. The van der Waals surface area contributed by atoms with Crippen LogP contribution in [-0.4, -0.2) is 50.4 Å². The van der Waals surface area contributed by atoms with E-state index in [-0.39, 0.29) is 43.4 Å². The van der Waals surface area contributed by atoms with Gasteiger partial charge in [-0.05, 0) is 74.7 Å². The number of hydrogen-bond donors (Lipinski definition) is 0. The summed E-state index contributed by atoms with van der Waals surface area (Å²) in [6.45, 7) is 8.09. The zero-order valence-corrected chi connectivity index (χ0v) is 23.2. The molecule has 0 bridgehead atoms. The van der Waals surface area contributed by atoms with Gasteiger partial charge >= 0.3 is 11.9 Å². The number of hydrogen-bond acceptors (Lipinski definition) is 8. The van der Waals surface area contributed by atoms with Crippen LogP contribution < -0.4 is 9.47 Å². The lowest BCUT2D eigenvalue weighted by Gasteiger charge is -2.08. The van der Waals surface area contributed by atoms with Crippen LogP contribution in [0.1, 0.15) is 61.0 Å². The van der Waals surface area contributed by atoms with E-state index in [9.17, 15) is 19.2 Å². The Kier molecular flexibility index (Phi) is 17.9. The number of benzene rings is 2. The van der Waals surface area contributed by atoms with Crippen LogP contribution in [0.25, 0.3) is 0 Å². The first-order valence-corrected chi connectivity index (χ1v) is 12.2. The van der Waals surface area contributed by atoms with Crippen molar-refractivity contribution in [1.29, 1.82) is 0 Å². The number of Topliss-reactive ketones (excluding diaryl/α,β-unsaturated/α-hetero) is 1. The van der Waals surface area contributed by atoms with Crippen molar-refractivity contribution in [2.75, 3.05) is 27.4 Å². The fourth-order valence-electron chi connectivity index (χ4n) is 2.79. The van der Waals surface area contributed by atoms with E-state index in [1.807, 2.05) is 44.2 Å². The van der Waals surface area contributed by atoms with Crippen LogP contribution in [0.15, 0.2) is 42.5 Å². The molecular weight excluding hydrogens is 500 g/mol. The molecule has 204 valence electrons. The van der Waals surface area contributed by atoms with E-state index >= 15 is 0 Å². The van der Waals surface area contributed by atoms with Crippen molar-refractivity contribution < 1.29 is 38.1 Å². The van der Waals surface area contributed by atoms with Gasteiger partial charge in [0, 0.05) is 12.8 Å². The normalized spacial score (nSPS) is 9.49. The molecule has 0 fully saturated rings. The highest BCUT2D eigenvalue weighted by atomic mass is 35.5. The molecule has 0 spiro atoms. The van der Waals surface area contributed by atoms with Crippen molar-refractivity contribution in [3.63, 3.8) is 0 Å². The van der Waals surface area contributed by atoms with Gasteiger partial charge < -0.3 is 18.9 Å². The highest BCUT2D eigenvalue weighted by Crippen LogP contribution is 2.22. The second-order valence-electron chi connectivity index (χ2n) is 7.61. The molecule has 2 aromatic rings. The number of rotatable bonds is 11. The van der Waals surface area contributed by atoms with E-state index in [0.717, 1.165) is 11.3 Å². The van der Waals surface area contributed by atoms with Gasteiger partial charge in [-0.25, -0.2) is 0 Å². The number of carbonyl (C=O) groups excluding carboxylic acids is 4. The summed E-state index contributed by atoms with van der Waals surface area (Å²) in [7, 11) is 3.20. The summed E-state index contributed by atoms with van der Waals surface area (Å²) in [5, 5.41) is -0.506. The molecular formula is C28H37ClO8. The molecule has 0 atom stereocenters. The van der Waals surface area contributed by atoms with Crippen molar-refractivity contribution in [3.05, 3.63) is 59.2 Å². The Labute approximate surface area is 224 Å². The van der Waals surface area contributed by atoms with E-state index in [4.69, 9.17) is 25.8 Å². The Morgan fingerprint density at radius 2 is 1.30 bits per heavy atom. The van der Waals surface area contributed by atoms with Gasteiger partial charge in [-0.15, -0.1) is 0 Å². The molecule has 0 unspecified atom stereocenters. The quantitative estimate of drug-likeness (QED) is 0.207. The lowest BCUT2D eigenvalue weighted by atomic mass is 10.0. The van der Waals surface area contributed by atoms with Gasteiger partial charge in [-0.3, -0.25) is 19.2 Å². The van der Waals surface area contributed by atoms with Crippen molar-refractivity contribution in [1.82, 2.24) is 0 Å². The fraction of sp³-hybridized carbons (Fsp3) is 0.429. The first-order chi connectivity index (χ1) is 17.6. The number of methoxy groups -OCH3 is 2. The number of ether oxygens (including phenoxy) is 4. The fourth-order valence-corrected chi connectivity index (χ4v) is 2.88. The van der Waals surface area contributed by atoms with Crippen LogP contribution >= 0.6 is 11.6 Å². The number of aryl methyl sites for hydroxylation is 2. The summed E-state index contributed by atoms with van der Waals surface area (Å²) in [6.07, 6.45) is 0.374. The molecule has 2 rings (SSSR count). The maximum atomic E-state index is 12.0. The summed E-state index contributed by atoms with van der Waals surface area (Å²) >= 11 is 4.98. The maximum absolute atomic E-state index is 12.0. The van der Waals surface area contributed by atoms with Gasteiger partial charge in [0.05, 0.1) is 45.8 Å². The van der Waals surface area contributed by atoms with E-state index in [0.29, 0.717) is 24.5 Å². The Balaban J connectivity index is 0.000000577. The van der Waals surface area contributed by atoms with E-state index in [2.05, 4.69) is 4.74 Å². The summed E-state index contributed by atoms with van der Waals surface area (Å²) in [5.74, 6) is 0.632. The van der Waals surface area contributed by atoms with Crippen LogP contribution in [0.3, 0.4) is 0 Å². The Bertz CT molecular complexity index is 1000. The Hall–Kier alpha value is -3.39. The Morgan fingerprint density at radius 3 is 1.76 bits per heavy atom. The highest BCUT2D eigenvalue weighted by molar-refractivity contribution is 6.63. The molecule has 37 heavy (non-hydrogen) atoms. The number of ketones is 1. The van der Waals surface area contributed by atoms with Gasteiger partial charge in [0.25, 0.3) is 0 Å². The van der Waals surface area contributed by atoms with Crippen LogP contribution in [0.2, 0.25) is 0 Å². The van der Waals surface area contributed by atoms with Crippen molar-refractivity contribution in [3.8, 4) is 11.5 Å². The number of esters is 2. The molecule has 2 aromatic carbocycles.